The third kappa shape index (κ3) is 7.82. The lowest BCUT2D eigenvalue weighted by molar-refractivity contribution is -0.125. The summed E-state index contributed by atoms with van der Waals surface area (Å²) < 4.78 is 5.38. The Morgan fingerprint density at radius 1 is 0.805 bits per heavy atom. The first-order valence-electron chi connectivity index (χ1n) is 13.6. The van der Waals surface area contributed by atoms with Gasteiger partial charge >= 0.3 is 0 Å². The lowest BCUT2D eigenvalue weighted by Gasteiger charge is -2.31. The zero-order chi connectivity index (χ0) is 29.4. The van der Waals surface area contributed by atoms with Crippen molar-refractivity contribution in [3.63, 3.8) is 0 Å². The van der Waals surface area contributed by atoms with Crippen LogP contribution in [0.25, 0.3) is 0 Å². The molecule has 0 aliphatic heterocycles. The average molecular weight is 550 g/mol. The van der Waals surface area contributed by atoms with E-state index in [0.717, 1.165) is 16.7 Å². The number of aryl methyl sites for hydroxylation is 2. The highest BCUT2D eigenvalue weighted by Crippen LogP contribution is 2.30. The first kappa shape index (κ1) is 29.1. The molecule has 0 saturated heterocycles. The van der Waals surface area contributed by atoms with Gasteiger partial charge in [-0.3, -0.25) is 19.3 Å². The first-order chi connectivity index (χ1) is 19.7. The maximum absolute atomic E-state index is 13.8. The van der Waals surface area contributed by atoms with E-state index in [1.165, 1.54) is 23.3 Å². The fourth-order valence-corrected chi connectivity index (χ4v) is 4.32. The van der Waals surface area contributed by atoms with E-state index in [4.69, 9.17) is 4.42 Å². The second-order valence-corrected chi connectivity index (χ2v) is 10.3. The summed E-state index contributed by atoms with van der Waals surface area (Å²) in [6.07, 6.45) is 3.92. The summed E-state index contributed by atoms with van der Waals surface area (Å²) in [5.41, 5.74) is 4.97. The van der Waals surface area contributed by atoms with Gasteiger partial charge in [0.25, 0.3) is 5.91 Å². The van der Waals surface area contributed by atoms with E-state index < -0.39 is 17.9 Å². The van der Waals surface area contributed by atoms with Crippen molar-refractivity contribution >= 4 is 29.1 Å². The molecule has 1 aromatic heterocycles. The maximum atomic E-state index is 13.8. The normalized spacial score (nSPS) is 11.8. The van der Waals surface area contributed by atoms with E-state index in [1.54, 1.807) is 24.3 Å². The number of rotatable bonds is 10. The van der Waals surface area contributed by atoms with Gasteiger partial charge in [0.1, 0.15) is 11.8 Å². The fourth-order valence-electron chi connectivity index (χ4n) is 4.32. The molecule has 7 nitrogen and oxygen atoms in total. The second-order valence-electron chi connectivity index (χ2n) is 10.3. The van der Waals surface area contributed by atoms with E-state index in [1.807, 2.05) is 74.5 Å². The van der Waals surface area contributed by atoms with E-state index in [0.29, 0.717) is 28.6 Å². The van der Waals surface area contributed by atoms with Crippen LogP contribution in [0, 0.1) is 13.8 Å². The van der Waals surface area contributed by atoms with Crippen LogP contribution in [-0.4, -0.2) is 17.7 Å². The number of carbonyl (C=O) groups excluding carboxylic acids is 3. The third-order valence-electron chi connectivity index (χ3n) is 6.69. The Kier molecular flexibility index (Phi) is 9.53. The first-order valence-corrected chi connectivity index (χ1v) is 13.6. The van der Waals surface area contributed by atoms with Gasteiger partial charge in [0, 0.05) is 23.5 Å². The number of nitrogens with zero attached hydrogens (tertiary/aromatic N) is 1. The lowest BCUT2D eigenvalue weighted by atomic mass is 9.99. The molecule has 0 aliphatic carbocycles. The van der Waals surface area contributed by atoms with Gasteiger partial charge < -0.3 is 15.1 Å². The van der Waals surface area contributed by atoms with Crippen molar-refractivity contribution < 1.29 is 18.8 Å². The van der Waals surface area contributed by atoms with Crippen molar-refractivity contribution in [3.05, 3.63) is 131 Å². The van der Waals surface area contributed by atoms with Crippen LogP contribution in [0.5, 0.6) is 0 Å². The predicted octanol–water partition coefficient (Wildman–Crippen LogP) is 6.61. The monoisotopic (exact) mass is 549 g/mol. The van der Waals surface area contributed by atoms with E-state index >= 15 is 0 Å². The molecule has 0 fully saturated rings. The molecule has 0 spiro atoms. The molecule has 3 aromatic carbocycles. The maximum Gasteiger partial charge on any atom is 0.252 e. The molecule has 2 N–H and O–H groups in total. The number of amides is 3. The summed E-state index contributed by atoms with van der Waals surface area (Å²) in [7, 11) is 0. The van der Waals surface area contributed by atoms with Gasteiger partial charge in [0.2, 0.25) is 11.8 Å². The van der Waals surface area contributed by atoms with Crippen LogP contribution >= 0.6 is 0 Å². The van der Waals surface area contributed by atoms with Crippen molar-refractivity contribution in [2.45, 2.75) is 46.2 Å². The summed E-state index contributed by atoms with van der Waals surface area (Å²) in [6.45, 7) is 8.26. The molecular formula is C34H35N3O4. The number of carbonyl (C=O) groups is 3. The molecule has 0 aliphatic rings. The topological polar surface area (TPSA) is 91.7 Å². The highest BCUT2D eigenvalue weighted by molar-refractivity contribution is 6.10. The Bertz CT molecular complexity index is 1490. The number of benzene rings is 3. The third-order valence-corrected chi connectivity index (χ3v) is 6.69. The zero-order valence-electron chi connectivity index (χ0n) is 23.8. The highest BCUT2D eigenvalue weighted by atomic mass is 16.3. The largest absolute Gasteiger partial charge is 0.467 e. The Morgan fingerprint density at radius 2 is 1.41 bits per heavy atom. The Hall–Kier alpha value is -4.91. The molecule has 1 heterocycles. The number of hydrogen-bond acceptors (Lipinski definition) is 4. The van der Waals surface area contributed by atoms with Crippen LogP contribution in [-0.2, 0) is 20.9 Å². The van der Waals surface area contributed by atoms with Crippen molar-refractivity contribution in [2.24, 2.45) is 0 Å². The number of furan rings is 1. The van der Waals surface area contributed by atoms with Gasteiger partial charge in [-0.15, -0.1) is 0 Å². The number of anilines is 2. The number of hydrogen-bond donors (Lipinski definition) is 2. The summed E-state index contributed by atoms with van der Waals surface area (Å²) in [6, 6.07) is 24.9. The molecule has 0 saturated carbocycles. The van der Waals surface area contributed by atoms with Crippen LogP contribution in [0.1, 0.15) is 53.8 Å². The lowest BCUT2D eigenvalue weighted by Crippen LogP contribution is -2.43. The SMILES string of the molecule is Cc1ccc(NC(=O)C=CC(=O)N(c2ccc(C(C)C)cc2)C(C(=O)NCc2ccco2)c2ccc(C)cc2)cc1. The standard InChI is InChI=1S/C34H35N3O4/c1-23(2)26-13-17-29(18-14-26)37(32(39)20-19-31(38)36-28-15-9-25(4)10-16-28)33(27-11-7-24(3)8-12-27)34(40)35-22-30-6-5-21-41-30/h5-21,23,33H,22H2,1-4H3,(H,35,40)(H,36,38). The van der Waals surface area contributed by atoms with Crippen LogP contribution in [0.2, 0.25) is 0 Å². The average Bonchev–Trinajstić information content (AvgIpc) is 3.49. The van der Waals surface area contributed by atoms with Crippen molar-refractivity contribution in [1.82, 2.24) is 5.32 Å². The van der Waals surface area contributed by atoms with Gasteiger partial charge in [-0.25, -0.2) is 0 Å². The minimum atomic E-state index is -1.01. The van der Waals surface area contributed by atoms with Crippen molar-refractivity contribution in [3.8, 4) is 0 Å². The molecule has 4 aromatic rings. The van der Waals surface area contributed by atoms with Gasteiger partial charge in [-0.1, -0.05) is 73.5 Å². The van der Waals surface area contributed by atoms with Gasteiger partial charge in [-0.2, -0.15) is 0 Å². The molecule has 210 valence electrons. The molecule has 3 amide bonds. The Morgan fingerprint density at radius 3 is 2.00 bits per heavy atom. The summed E-state index contributed by atoms with van der Waals surface area (Å²) in [4.78, 5) is 41.7. The second kappa shape index (κ2) is 13.4. The molecule has 0 bridgehead atoms. The van der Waals surface area contributed by atoms with Crippen LogP contribution in [0.4, 0.5) is 11.4 Å². The molecule has 0 radical (unpaired) electrons. The van der Waals surface area contributed by atoms with Crippen molar-refractivity contribution in [2.75, 3.05) is 10.2 Å². The molecule has 4 rings (SSSR count). The van der Waals surface area contributed by atoms with E-state index in [2.05, 4.69) is 24.5 Å². The van der Waals surface area contributed by atoms with Gasteiger partial charge in [-0.05, 0) is 67.3 Å². The predicted molar refractivity (Wildman–Crippen MR) is 161 cm³/mol. The molecule has 1 atom stereocenters. The van der Waals surface area contributed by atoms with Gasteiger partial charge in [0.05, 0.1) is 12.8 Å². The quantitative estimate of drug-likeness (QED) is 0.218. The van der Waals surface area contributed by atoms with E-state index in [9.17, 15) is 14.4 Å². The minimum absolute atomic E-state index is 0.164. The van der Waals surface area contributed by atoms with Crippen LogP contribution in [0.3, 0.4) is 0 Å². The molecule has 1 unspecified atom stereocenters. The highest BCUT2D eigenvalue weighted by Gasteiger charge is 2.32. The zero-order valence-corrected chi connectivity index (χ0v) is 23.8. The number of nitrogens with one attached hydrogen (secondary N) is 2. The molecule has 7 heteroatoms. The Balaban J connectivity index is 1.69. The van der Waals surface area contributed by atoms with Crippen LogP contribution in [0.15, 0.2) is 108 Å². The van der Waals surface area contributed by atoms with Gasteiger partial charge in [0.15, 0.2) is 0 Å². The minimum Gasteiger partial charge on any atom is -0.467 e. The smallest absolute Gasteiger partial charge is 0.252 e. The molecular weight excluding hydrogens is 514 g/mol. The van der Waals surface area contributed by atoms with Crippen LogP contribution < -0.4 is 15.5 Å². The summed E-state index contributed by atoms with van der Waals surface area (Å²) >= 11 is 0. The molecule has 41 heavy (non-hydrogen) atoms. The summed E-state index contributed by atoms with van der Waals surface area (Å²) in [5.74, 6) is -0.466. The fraction of sp³-hybridized carbons (Fsp3) is 0.206. The van der Waals surface area contributed by atoms with E-state index in [-0.39, 0.29) is 12.5 Å². The van der Waals surface area contributed by atoms with Crippen molar-refractivity contribution in [1.29, 1.82) is 0 Å². The Labute approximate surface area is 240 Å². The summed E-state index contributed by atoms with van der Waals surface area (Å²) in [5, 5.41) is 5.67.